The van der Waals surface area contributed by atoms with Gasteiger partial charge in [0.1, 0.15) is 0 Å². The van der Waals surface area contributed by atoms with Gasteiger partial charge in [-0.2, -0.15) is 0 Å². The monoisotopic (exact) mass is 341 g/mol. The van der Waals surface area contributed by atoms with Gasteiger partial charge in [0.2, 0.25) is 5.89 Å². The first-order chi connectivity index (χ1) is 12.8. The van der Waals surface area contributed by atoms with E-state index in [0.29, 0.717) is 5.89 Å². The summed E-state index contributed by atoms with van der Waals surface area (Å²) in [5, 5.41) is 9.32. The fourth-order valence-corrected chi connectivity index (χ4v) is 3.17. The van der Waals surface area contributed by atoms with Gasteiger partial charge in [-0.25, -0.2) is 4.98 Å². The number of oxazole rings is 1. The van der Waals surface area contributed by atoms with Crippen LogP contribution in [0.1, 0.15) is 11.1 Å². The van der Waals surface area contributed by atoms with Crippen LogP contribution in [0, 0.1) is 6.92 Å². The van der Waals surface area contributed by atoms with Gasteiger partial charge in [-0.3, -0.25) is 0 Å². The topological polar surface area (TPSA) is 46.3 Å². The Hall–Kier alpha value is -3.17. The number of hydrogen-bond acceptors (Lipinski definition) is 3. The molecule has 0 aliphatic heterocycles. The fourth-order valence-electron chi connectivity index (χ4n) is 3.17. The Bertz CT molecular complexity index is 1040. The molecule has 0 amide bonds. The van der Waals surface area contributed by atoms with Gasteiger partial charge in [-0.15, -0.1) is 0 Å². The summed E-state index contributed by atoms with van der Waals surface area (Å²) in [5.74, 6) is 1.30. The van der Waals surface area contributed by atoms with Crippen LogP contribution in [0.4, 0.5) is 0 Å². The van der Waals surface area contributed by atoms with E-state index in [4.69, 9.17) is 4.42 Å². The lowest BCUT2D eigenvalue weighted by Crippen LogP contribution is -1.87. The van der Waals surface area contributed by atoms with Crippen LogP contribution in [0.15, 0.2) is 83.4 Å². The van der Waals surface area contributed by atoms with Gasteiger partial charge in [0, 0.05) is 11.1 Å². The Morgan fingerprint density at radius 1 is 0.846 bits per heavy atom. The average molecular weight is 341 g/mol. The van der Waals surface area contributed by atoms with E-state index in [2.05, 4.69) is 36.2 Å². The van der Waals surface area contributed by atoms with Crippen LogP contribution in [-0.2, 0) is 6.61 Å². The Morgan fingerprint density at radius 3 is 2.38 bits per heavy atom. The minimum Gasteiger partial charge on any atom is -0.436 e. The first-order valence-electron chi connectivity index (χ1n) is 8.57. The summed E-state index contributed by atoms with van der Waals surface area (Å²) in [6, 6.07) is 24.1. The Labute approximate surface area is 152 Å². The first kappa shape index (κ1) is 16.3. The molecule has 0 aliphatic rings. The molecule has 0 aliphatic carbocycles. The highest BCUT2D eigenvalue weighted by atomic mass is 16.4. The van der Waals surface area contributed by atoms with Crippen LogP contribution < -0.4 is 0 Å². The van der Waals surface area contributed by atoms with Crippen LogP contribution in [0.5, 0.6) is 0 Å². The Morgan fingerprint density at radius 2 is 1.58 bits per heavy atom. The summed E-state index contributed by atoms with van der Waals surface area (Å²) in [5.41, 5.74) is 6.25. The second kappa shape index (κ2) is 6.98. The van der Waals surface area contributed by atoms with Crippen LogP contribution in [0.2, 0.25) is 0 Å². The lowest BCUT2D eigenvalue weighted by atomic mass is 9.96. The molecule has 3 nitrogen and oxygen atoms in total. The van der Waals surface area contributed by atoms with Crippen molar-refractivity contribution in [3.8, 4) is 33.9 Å². The number of hydrogen-bond donors (Lipinski definition) is 1. The van der Waals surface area contributed by atoms with Gasteiger partial charge in [-0.05, 0) is 41.3 Å². The lowest BCUT2D eigenvalue weighted by Gasteiger charge is -2.09. The van der Waals surface area contributed by atoms with Crippen molar-refractivity contribution in [3.63, 3.8) is 0 Å². The molecular formula is C23H19NO2. The molecule has 128 valence electrons. The molecule has 1 heterocycles. The number of aliphatic hydroxyl groups excluding tert-OH is 1. The lowest BCUT2D eigenvalue weighted by molar-refractivity contribution is 0.282. The van der Waals surface area contributed by atoms with Crippen molar-refractivity contribution in [1.82, 2.24) is 4.98 Å². The summed E-state index contributed by atoms with van der Waals surface area (Å²) in [6.07, 6.45) is 1.76. The zero-order valence-electron chi connectivity index (χ0n) is 14.5. The highest BCUT2D eigenvalue weighted by Crippen LogP contribution is 2.33. The number of benzene rings is 3. The summed E-state index contributed by atoms with van der Waals surface area (Å²) in [7, 11) is 0. The maximum absolute atomic E-state index is 9.32. The largest absolute Gasteiger partial charge is 0.436 e. The van der Waals surface area contributed by atoms with Gasteiger partial charge < -0.3 is 9.52 Å². The molecule has 1 N–H and O–H groups in total. The highest BCUT2D eigenvalue weighted by Gasteiger charge is 2.13. The maximum atomic E-state index is 9.32. The number of aliphatic hydroxyl groups is 1. The molecule has 4 aromatic rings. The Balaban J connectivity index is 1.74. The molecule has 0 unspecified atom stereocenters. The van der Waals surface area contributed by atoms with Crippen molar-refractivity contribution in [1.29, 1.82) is 0 Å². The van der Waals surface area contributed by atoms with E-state index in [1.807, 2.05) is 48.5 Å². The molecule has 0 saturated carbocycles. The summed E-state index contributed by atoms with van der Waals surface area (Å²) >= 11 is 0. The van der Waals surface area contributed by atoms with Gasteiger partial charge in [0.05, 0.1) is 12.8 Å². The Kier molecular flexibility index (Phi) is 4.38. The second-order valence-corrected chi connectivity index (χ2v) is 6.23. The molecule has 0 spiro atoms. The maximum Gasteiger partial charge on any atom is 0.226 e. The van der Waals surface area contributed by atoms with E-state index in [1.165, 1.54) is 11.1 Å². The molecule has 0 radical (unpaired) electrons. The quantitative estimate of drug-likeness (QED) is 0.535. The van der Waals surface area contributed by atoms with E-state index in [9.17, 15) is 5.11 Å². The second-order valence-electron chi connectivity index (χ2n) is 6.23. The smallest absolute Gasteiger partial charge is 0.226 e. The SMILES string of the molecule is Cc1c(-c2ccccc2)cccc1-c1cnc(-c2cccc(CO)c2)o1. The third kappa shape index (κ3) is 3.05. The van der Waals surface area contributed by atoms with Crippen LogP contribution in [0.25, 0.3) is 33.9 Å². The minimum atomic E-state index is -0.000362. The van der Waals surface area contributed by atoms with Crippen LogP contribution in [0.3, 0.4) is 0 Å². The van der Waals surface area contributed by atoms with Gasteiger partial charge in [0.15, 0.2) is 5.76 Å². The third-order valence-electron chi connectivity index (χ3n) is 4.55. The van der Waals surface area contributed by atoms with Crippen LogP contribution >= 0.6 is 0 Å². The minimum absolute atomic E-state index is 0.000362. The summed E-state index contributed by atoms with van der Waals surface area (Å²) in [6.45, 7) is 2.10. The van der Waals surface area contributed by atoms with Crippen molar-refractivity contribution in [2.75, 3.05) is 0 Å². The molecule has 4 rings (SSSR count). The van der Waals surface area contributed by atoms with E-state index < -0.39 is 0 Å². The predicted molar refractivity (Wildman–Crippen MR) is 103 cm³/mol. The molecular weight excluding hydrogens is 322 g/mol. The third-order valence-corrected chi connectivity index (χ3v) is 4.55. The van der Waals surface area contributed by atoms with E-state index in [1.54, 1.807) is 6.20 Å². The number of rotatable bonds is 4. The average Bonchev–Trinajstić information content (AvgIpc) is 3.19. The molecule has 26 heavy (non-hydrogen) atoms. The van der Waals surface area contributed by atoms with Crippen molar-refractivity contribution < 1.29 is 9.52 Å². The molecule has 0 fully saturated rings. The fraction of sp³-hybridized carbons (Fsp3) is 0.0870. The molecule has 1 aromatic heterocycles. The van der Waals surface area contributed by atoms with Gasteiger partial charge in [0.25, 0.3) is 0 Å². The summed E-state index contributed by atoms with van der Waals surface area (Å²) in [4.78, 5) is 4.43. The van der Waals surface area contributed by atoms with Crippen molar-refractivity contribution in [2.24, 2.45) is 0 Å². The van der Waals surface area contributed by atoms with E-state index in [-0.39, 0.29) is 6.61 Å². The molecule has 0 bridgehead atoms. The zero-order valence-corrected chi connectivity index (χ0v) is 14.5. The summed E-state index contributed by atoms with van der Waals surface area (Å²) < 4.78 is 6.03. The van der Waals surface area contributed by atoms with Crippen molar-refractivity contribution in [3.05, 3.63) is 90.1 Å². The van der Waals surface area contributed by atoms with E-state index >= 15 is 0 Å². The molecule has 3 aromatic carbocycles. The predicted octanol–water partition coefficient (Wildman–Crippen LogP) is 5.48. The highest BCUT2D eigenvalue weighted by molar-refractivity contribution is 5.76. The molecule has 0 saturated heterocycles. The van der Waals surface area contributed by atoms with Gasteiger partial charge >= 0.3 is 0 Å². The van der Waals surface area contributed by atoms with Gasteiger partial charge in [-0.1, -0.05) is 60.7 Å². The molecule has 0 atom stereocenters. The van der Waals surface area contributed by atoms with Crippen molar-refractivity contribution >= 4 is 0 Å². The first-order valence-corrected chi connectivity index (χ1v) is 8.57. The normalized spacial score (nSPS) is 10.8. The number of nitrogens with zero attached hydrogens (tertiary/aromatic N) is 1. The van der Waals surface area contributed by atoms with Crippen molar-refractivity contribution in [2.45, 2.75) is 13.5 Å². The van der Waals surface area contributed by atoms with Crippen LogP contribution in [-0.4, -0.2) is 10.1 Å². The zero-order chi connectivity index (χ0) is 17.9. The number of aromatic nitrogens is 1. The standard InChI is InChI=1S/C23H19NO2/c1-16-20(18-8-3-2-4-9-18)11-6-12-21(16)22-14-24-23(26-22)19-10-5-7-17(13-19)15-25/h2-14,25H,15H2,1H3. The van der Waals surface area contributed by atoms with E-state index in [0.717, 1.165) is 28.0 Å². The molecule has 3 heteroatoms.